The molecule has 2 amide bonds. The summed E-state index contributed by atoms with van der Waals surface area (Å²) in [6.07, 6.45) is 1.47. The van der Waals surface area contributed by atoms with Crippen LogP contribution in [0.25, 0.3) is 0 Å². The fourth-order valence-corrected chi connectivity index (χ4v) is 2.51. The molecule has 122 valence electrons. The molecule has 0 aromatic heterocycles. The smallest absolute Gasteiger partial charge is 0.337 e. The molecule has 0 bridgehead atoms. The first-order chi connectivity index (χ1) is 10.9. The van der Waals surface area contributed by atoms with Crippen LogP contribution in [0.15, 0.2) is 42.1 Å². The Morgan fingerprint density at radius 2 is 2.04 bits per heavy atom. The largest absolute Gasteiger partial charge is 0.466 e. The van der Waals surface area contributed by atoms with Gasteiger partial charge in [0.05, 0.1) is 24.3 Å². The number of carbonyl (C=O) groups excluding carboxylic acids is 2. The molecule has 23 heavy (non-hydrogen) atoms. The van der Waals surface area contributed by atoms with Crippen molar-refractivity contribution in [1.29, 1.82) is 0 Å². The van der Waals surface area contributed by atoms with E-state index in [0.29, 0.717) is 0 Å². The van der Waals surface area contributed by atoms with Crippen LogP contribution >= 0.6 is 0 Å². The molecule has 1 aliphatic heterocycles. The van der Waals surface area contributed by atoms with E-state index in [1.54, 1.807) is 0 Å². The van der Waals surface area contributed by atoms with Crippen molar-refractivity contribution in [1.82, 2.24) is 10.2 Å². The maximum Gasteiger partial charge on any atom is 0.337 e. The zero-order valence-electron chi connectivity index (χ0n) is 12.7. The van der Waals surface area contributed by atoms with Crippen LogP contribution in [0.4, 0.5) is 13.6 Å². The monoisotopic (exact) mass is 322 g/mol. The highest BCUT2D eigenvalue weighted by Crippen LogP contribution is 2.33. The molecular weight excluding hydrogens is 306 g/mol. The second-order valence-corrected chi connectivity index (χ2v) is 4.91. The summed E-state index contributed by atoms with van der Waals surface area (Å²) in [6, 6.07) is 1.48. The predicted octanol–water partition coefficient (Wildman–Crippen LogP) is 2.66. The van der Waals surface area contributed by atoms with Crippen molar-refractivity contribution >= 4 is 12.0 Å². The van der Waals surface area contributed by atoms with Gasteiger partial charge in [-0.15, -0.1) is 6.58 Å². The summed E-state index contributed by atoms with van der Waals surface area (Å²) in [7, 11) is 1.16. The Balaban J connectivity index is 2.65. The van der Waals surface area contributed by atoms with Gasteiger partial charge in [-0.25, -0.2) is 18.4 Å². The Bertz CT molecular complexity index is 680. The van der Waals surface area contributed by atoms with Gasteiger partial charge in [-0.1, -0.05) is 12.1 Å². The van der Waals surface area contributed by atoms with Crippen LogP contribution < -0.4 is 5.32 Å². The number of rotatable bonds is 4. The first-order valence-electron chi connectivity index (χ1n) is 6.84. The average molecular weight is 322 g/mol. The van der Waals surface area contributed by atoms with Crippen LogP contribution in [0.2, 0.25) is 0 Å². The van der Waals surface area contributed by atoms with Gasteiger partial charge in [0.1, 0.15) is 11.6 Å². The maximum atomic E-state index is 14.1. The zero-order valence-corrected chi connectivity index (χ0v) is 12.7. The van der Waals surface area contributed by atoms with Crippen molar-refractivity contribution in [2.75, 3.05) is 13.7 Å². The third-order valence-electron chi connectivity index (χ3n) is 3.60. The molecule has 2 rings (SSSR count). The maximum absolute atomic E-state index is 14.1. The Morgan fingerprint density at radius 3 is 2.57 bits per heavy atom. The number of hydrogen-bond donors (Lipinski definition) is 1. The number of esters is 1. The average Bonchev–Trinajstić information content (AvgIpc) is 2.50. The SMILES string of the molecule is C=CCN1C(=O)N[C@H](c2c(F)cccc2F)C(C(=O)OC)=C1C. The van der Waals surface area contributed by atoms with Crippen molar-refractivity contribution in [3.05, 3.63) is 59.3 Å². The first-order valence-corrected chi connectivity index (χ1v) is 6.84. The zero-order chi connectivity index (χ0) is 17.1. The predicted molar refractivity (Wildman–Crippen MR) is 79.2 cm³/mol. The number of methoxy groups -OCH3 is 1. The molecule has 1 N–H and O–H groups in total. The molecule has 0 fully saturated rings. The number of carbonyl (C=O) groups is 2. The number of amides is 2. The molecular formula is C16H16F2N2O3. The Morgan fingerprint density at radius 1 is 1.43 bits per heavy atom. The number of halogens is 2. The molecule has 1 heterocycles. The molecule has 0 saturated carbocycles. The summed E-state index contributed by atoms with van der Waals surface area (Å²) in [6.45, 7) is 5.20. The van der Waals surface area contributed by atoms with Crippen LogP contribution in [0.1, 0.15) is 18.5 Å². The summed E-state index contributed by atoms with van der Waals surface area (Å²) in [5, 5.41) is 2.45. The van der Waals surface area contributed by atoms with E-state index < -0.39 is 35.2 Å². The summed E-state index contributed by atoms with van der Waals surface area (Å²) in [5.41, 5.74) is -0.176. The third kappa shape index (κ3) is 2.94. The number of urea groups is 1. The second kappa shape index (κ2) is 6.60. The summed E-state index contributed by atoms with van der Waals surface area (Å²) >= 11 is 0. The van der Waals surface area contributed by atoms with Crippen LogP contribution in [0, 0.1) is 11.6 Å². The van der Waals surface area contributed by atoms with Crippen molar-refractivity contribution in [2.24, 2.45) is 0 Å². The van der Waals surface area contributed by atoms with Crippen molar-refractivity contribution in [2.45, 2.75) is 13.0 Å². The van der Waals surface area contributed by atoms with Crippen LogP contribution in [0.5, 0.6) is 0 Å². The van der Waals surface area contributed by atoms with Crippen LogP contribution in [-0.2, 0) is 9.53 Å². The van der Waals surface area contributed by atoms with Gasteiger partial charge < -0.3 is 10.1 Å². The van der Waals surface area contributed by atoms with Crippen molar-refractivity contribution in [3.63, 3.8) is 0 Å². The molecule has 5 nitrogen and oxygen atoms in total. The summed E-state index contributed by atoms with van der Waals surface area (Å²) in [5.74, 6) is -2.49. The number of benzene rings is 1. The van der Waals surface area contributed by atoms with Crippen LogP contribution in [-0.4, -0.2) is 30.6 Å². The van der Waals surface area contributed by atoms with Gasteiger partial charge in [-0.2, -0.15) is 0 Å². The summed E-state index contributed by atoms with van der Waals surface area (Å²) < 4.78 is 32.9. The standard InChI is InChI=1S/C16H16F2N2O3/c1-4-8-20-9(2)12(15(21)23-3)14(19-16(20)22)13-10(17)6-5-7-11(13)18/h4-7,14H,1,8H2,2-3H3,(H,19,22)/t14-/m0/s1. The highest BCUT2D eigenvalue weighted by Gasteiger charge is 2.38. The minimum absolute atomic E-state index is 0.0297. The molecule has 0 spiro atoms. The van der Waals surface area contributed by atoms with E-state index in [-0.39, 0.29) is 17.8 Å². The van der Waals surface area contributed by atoms with Gasteiger partial charge in [0, 0.05) is 12.2 Å². The Labute approximate surface area is 132 Å². The van der Waals surface area contributed by atoms with Gasteiger partial charge in [-0.3, -0.25) is 4.90 Å². The number of ether oxygens (including phenoxy) is 1. The number of nitrogens with zero attached hydrogens (tertiary/aromatic N) is 1. The lowest BCUT2D eigenvalue weighted by Crippen LogP contribution is -2.48. The molecule has 0 radical (unpaired) electrons. The molecule has 1 atom stereocenters. The van der Waals surface area contributed by atoms with Gasteiger partial charge in [0.15, 0.2) is 0 Å². The third-order valence-corrected chi connectivity index (χ3v) is 3.60. The molecule has 1 aromatic rings. The lowest BCUT2D eigenvalue weighted by molar-refractivity contribution is -0.136. The minimum atomic E-state index is -1.27. The van der Waals surface area contributed by atoms with Crippen molar-refractivity contribution < 1.29 is 23.1 Å². The fraction of sp³-hybridized carbons (Fsp3) is 0.250. The first kappa shape index (κ1) is 16.7. The highest BCUT2D eigenvalue weighted by atomic mass is 19.1. The van der Waals surface area contributed by atoms with E-state index >= 15 is 0 Å². The van der Waals surface area contributed by atoms with Gasteiger partial charge in [-0.05, 0) is 19.1 Å². The number of nitrogens with one attached hydrogen (secondary N) is 1. The molecule has 1 aromatic carbocycles. The molecule has 0 saturated heterocycles. The Hall–Kier alpha value is -2.70. The lowest BCUT2D eigenvalue weighted by atomic mass is 9.94. The Kier molecular flexibility index (Phi) is 4.78. The van der Waals surface area contributed by atoms with Crippen LogP contribution in [0.3, 0.4) is 0 Å². The quantitative estimate of drug-likeness (QED) is 0.685. The number of hydrogen-bond acceptors (Lipinski definition) is 3. The van der Waals surface area contributed by atoms with Gasteiger partial charge >= 0.3 is 12.0 Å². The molecule has 0 unspecified atom stereocenters. The van der Waals surface area contributed by atoms with E-state index in [9.17, 15) is 18.4 Å². The van der Waals surface area contributed by atoms with E-state index in [4.69, 9.17) is 4.74 Å². The van der Waals surface area contributed by atoms with E-state index in [1.807, 2.05) is 0 Å². The van der Waals surface area contributed by atoms with E-state index in [0.717, 1.165) is 19.2 Å². The molecule has 1 aliphatic rings. The second-order valence-electron chi connectivity index (χ2n) is 4.91. The van der Waals surface area contributed by atoms with Gasteiger partial charge in [0.2, 0.25) is 0 Å². The molecule has 7 heteroatoms. The van der Waals surface area contributed by atoms with Crippen molar-refractivity contribution in [3.8, 4) is 0 Å². The molecule has 0 aliphatic carbocycles. The number of allylic oxidation sites excluding steroid dienone is 1. The van der Waals surface area contributed by atoms with Gasteiger partial charge in [0.25, 0.3) is 0 Å². The topological polar surface area (TPSA) is 58.6 Å². The lowest BCUT2D eigenvalue weighted by Gasteiger charge is -2.34. The minimum Gasteiger partial charge on any atom is -0.466 e. The highest BCUT2D eigenvalue weighted by molar-refractivity contribution is 5.95. The van der Waals surface area contributed by atoms with E-state index in [1.165, 1.54) is 24.0 Å². The fourth-order valence-electron chi connectivity index (χ4n) is 2.51. The van der Waals surface area contributed by atoms with E-state index in [2.05, 4.69) is 11.9 Å². The normalized spacial score (nSPS) is 17.8. The summed E-state index contributed by atoms with van der Waals surface area (Å²) in [4.78, 5) is 25.5.